The highest BCUT2D eigenvalue weighted by Crippen LogP contribution is 2.51. The molecular formula is C21H20ClF3N8O2. The average molecular weight is 509 g/mol. The number of fused-ring (bicyclic) bond motifs is 1. The molecule has 3 aromatic heterocycles. The van der Waals surface area contributed by atoms with E-state index in [1.807, 2.05) is 30.3 Å². The normalized spacial score (nSPS) is 15.1. The van der Waals surface area contributed by atoms with Gasteiger partial charge in [-0.3, -0.25) is 13.9 Å². The largest absolute Gasteiger partial charge is 0.390 e. The molecule has 5 rings (SSSR count). The molecule has 0 aliphatic heterocycles. The monoisotopic (exact) mass is 508 g/mol. The van der Waals surface area contributed by atoms with Crippen molar-refractivity contribution in [2.75, 3.05) is 0 Å². The minimum Gasteiger partial charge on any atom is -0.323 e. The highest BCUT2D eigenvalue weighted by Gasteiger charge is 2.49. The maximum absolute atomic E-state index is 12.9. The van der Waals surface area contributed by atoms with E-state index in [9.17, 15) is 22.8 Å². The van der Waals surface area contributed by atoms with Crippen molar-refractivity contribution in [1.29, 1.82) is 0 Å². The summed E-state index contributed by atoms with van der Waals surface area (Å²) in [6.45, 7) is -0.485. The molecule has 0 spiro atoms. The van der Waals surface area contributed by atoms with Crippen LogP contribution in [-0.4, -0.2) is 45.5 Å². The maximum atomic E-state index is 12.9. The molecule has 3 heterocycles. The number of H-pyrrole nitrogens is 1. The molecule has 1 aromatic carbocycles. The smallest absolute Gasteiger partial charge is 0.323 e. The van der Waals surface area contributed by atoms with E-state index in [2.05, 4.69) is 25.4 Å². The number of hydrogen-bond acceptors (Lipinski definition) is 6. The Bertz CT molecular complexity index is 1480. The molecule has 4 aromatic rings. The van der Waals surface area contributed by atoms with Crippen LogP contribution in [0.25, 0.3) is 11.2 Å². The van der Waals surface area contributed by atoms with Gasteiger partial charge in [0.2, 0.25) is 5.28 Å². The van der Waals surface area contributed by atoms with E-state index in [1.165, 1.54) is 4.80 Å². The van der Waals surface area contributed by atoms with Crippen LogP contribution in [-0.2, 0) is 25.0 Å². The number of rotatable bonds is 8. The summed E-state index contributed by atoms with van der Waals surface area (Å²) in [5.74, 6) is 0.615. The first kappa shape index (κ1) is 23.3. The zero-order valence-corrected chi connectivity index (χ0v) is 19.1. The van der Waals surface area contributed by atoms with Gasteiger partial charge in [0.05, 0.1) is 18.4 Å². The van der Waals surface area contributed by atoms with Crippen LogP contribution in [0.3, 0.4) is 0 Å². The first-order chi connectivity index (χ1) is 16.7. The van der Waals surface area contributed by atoms with Crippen LogP contribution in [0.15, 0.2) is 39.9 Å². The Labute approximate surface area is 200 Å². The average Bonchev–Trinajstić information content (AvgIpc) is 3.33. The number of nitrogens with one attached hydrogen (secondary N) is 1. The molecule has 10 nitrogen and oxygen atoms in total. The van der Waals surface area contributed by atoms with Gasteiger partial charge in [-0.15, -0.1) is 10.2 Å². The van der Waals surface area contributed by atoms with Crippen LogP contribution < -0.4 is 11.2 Å². The number of aryl methyl sites for hydroxylation is 2. The van der Waals surface area contributed by atoms with Gasteiger partial charge in [-0.05, 0) is 41.6 Å². The third-order valence-corrected chi connectivity index (χ3v) is 6.33. The summed E-state index contributed by atoms with van der Waals surface area (Å²) in [5, 5.41) is 12.6. The predicted molar refractivity (Wildman–Crippen MR) is 119 cm³/mol. The number of aromatic nitrogens is 8. The van der Waals surface area contributed by atoms with Crippen molar-refractivity contribution in [3.05, 3.63) is 67.8 Å². The molecule has 14 heteroatoms. The predicted octanol–water partition coefficient (Wildman–Crippen LogP) is 2.65. The second-order valence-electron chi connectivity index (χ2n) is 8.49. The minimum absolute atomic E-state index is 0.0586. The summed E-state index contributed by atoms with van der Waals surface area (Å²) >= 11 is 5.82. The molecular weight excluding hydrogens is 489 g/mol. The SMILES string of the molecule is O=c1c2[nH]c(Cl)nc2n(CCC(F)(F)F)c(=O)n1CCCn1nnc(C2(c3ccccc3)CC2)n1. The first-order valence-electron chi connectivity index (χ1n) is 11.0. The topological polar surface area (TPSA) is 116 Å². The lowest BCUT2D eigenvalue weighted by Gasteiger charge is -2.12. The lowest BCUT2D eigenvalue weighted by molar-refractivity contribution is -0.136. The van der Waals surface area contributed by atoms with Crippen LogP contribution >= 0.6 is 11.6 Å². The molecule has 1 fully saturated rings. The number of nitrogens with zero attached hydrogens (tertiary/aromatic N) is 7. The summed E-state index contributed by atoms with van der Waals surface area (Å²) in [7, 11) is 0. The molecule has 1 aliphatic carbocycles. The molecule has 1 aliphatic rings. The van der Waals surface area contributed by atoms with Crippen molar-refractivity contribution < 1.29 is 13.2 Å². The van der Waals surface area contributed by atoms with Crippen LogP contribution in [0.1, 0.15) is 37.1 Å². The van der Waals surface area contributed by atoms with Crippen LogP contribution in [0, 0.1) is 0 Å². The Morgan fingerprint density at radius 1 is 1.06 bits per heavy atom. The fourth-order valence-electron chi connectivity index (χ4n) is 4.20. The van der Waals surface area contributed by atoms with Crippen molar-refractivity contribution >= 4 is 22.8 Å². The van der Waals surface area contributed by atoms with Crippen molar-refractivity contribution in [2.24, 2.45) is 0 Å². The zero-order valence-electron chi connectivity index (χ0n) is 18.3. The Hall–Kier alpha value is -3.48. The first-order valence-corrected chi connectivity index (χ1v) is 11.4. The van der Waals surface area contributed by atoms with Crippen molar-refractivity contribution in [3.63, 3.8) is 0 Å². The van der Waals surface area contributed by atoms with E-state index < -0.39 is 30.4 Å². The Balaban J connectivity index is 1.35. The van der Waals surface area contributed by atoms with E-state index >= 15 is 0 Å². The molecule has 0 atom stereocenters. The third kappa shape index (κ3) is 4.47. The van der Waals surface area contributed by atoms with Crippen LogP contribution in [0.4, 0.5) is 13.2 Å². The van der Waals surface area contributed by atoms with Gasteiger partial charge in [0.1, 0.15) is 0 Å². The van der Waals surface area contributed by atoms with Gasteiger partial charge in [-0.1, -0.05) is 30.3 Å². The summed E-state index contributed by atoms with van der Waals surface area (Å²) in [5.41, 5.74) is -1.05. The van der Waals surface area contributed by atoms with Gasteiger partial charge in [0, 0.05) is 13.1 Å². The van der Waals surface area contributed by atoms with Crippen LogP contribution in [0.5, 0.6) is 0 Å². The standard InChI is InChI=1S/C21H20ClF3N8O2/c22-18-26-14-15(27-18)31(12-9-21(23,24)25)19(35)32(16(14)34)10-4-11-33-29-17(28-30-33)20(7-8-20)13-5-2-1-3-6-13/h1-3,5-6H,4,7-12H2,(H,26,27). The lowest BCUT2D eigenvalue weighted by Crippen LogP contribution is -2.41. The zero-order chi connectivity index (χ0) is 24.8. The molecule has 184 valence electrons. The van der Waals surface area contributed by atoms with Gasteiger partial charge in [0.25, 0.3) is 5.56 Å². The van der Waals surface area contributed by atoms with E-state index in [1.54, 1.807) is 0 Å². The molecule has 0 saturated heterocycles. The lowest BCUT2D eigenvalue weighted by atomic mass is 9.95. The van der Waals surface area contributed by atoms with Gasteiger partial charge >= 0.3 is 11.9 Å². The molecule has 1 saturated carbocycles. The molecule has 1 N–H and O–H groups in total. The van der Waals surface area contributed by atoms with E-state index in [4.69, 9.17) is 11.6 Å². The second-order valence-corrected chi connectivity index (χ2v) is 8.85. The second kappa shape index (κ2) is 8.63. The molecule has 0 bridgehead atoms. The molecule has 0 radical (unpaired) electrons. The molecule has 0 amide bonds. The number of halogens is 4. The van der Waals surface area contributed by atoms with E-state index in [0.717, 1.165) is 27.5 Å². The van der Waals surface area contributed by atoms with Gasteiger partial charge in [0.15, 0.2) is 17.0 Å². The van der Waals surface area contributed by atoms with Gasteiger partial charge < -0.3 is 4.98 Å². The number of imidazole rings is 1. The molecule has 0 unspecified atom stereocenters. The van der Waals surface area contributed by atoms with E-state index in [-0.39, 0.29) is 41.4 Å². The number of aromatic amines is 1. The van der Waals surface area contributed by atoms with Gasteiger partial charge in [-0.2, -0.15) is 23.0 Å². The molecule has 35 heavy (non-hydrogen) atoms. The van der Waals surface area contributed by atoms with Crippen molar-refractivity contribution in [3.8, 4) is 0 Å². The number of alkyl halides is 3. The van der Waals surface area contributed by atoms with Crippen LogP contribution in [0.2, 0.25) is 5.28 Å². The summed E-state index contributed by atoms with van der Waals surface area (Å²) in [4.78, 5) is 33.4. The van der Waals surface area contributed by atoms with Gasteiger partial charge in [-0.25, -0.2) is 4.79 Å². The minimum atomic E-state index is -4.48. The highest BCUT2D eigenvalue weighted by molar-refractivity contribution is 6.28. The van der Waals surface area contributed by atoms with Crippen molar-refractivity contribution in [2.45, 2.75) is 56.9 Å². The Kier molecular flexibility index (Phi) is 5.74. The summed E-state index contributed by atoms with van der Waals surface area (Å²) in [6.07, 6.45) is -3.62. The maximum Gasteiger partial charge on any atom is 0.390 e. The Morgan fingerprint density at radius 2 is 1.80 bits per heavy atom. The number of benzene rings is 1. The fourth-order valence-corrected chi connectivity index (χ4v) is 4.37. The number of tetrazole rings is 1. The third-order valence-electron chi connectivity index (χ3n) is 6.15. The van der Waals surface area contributed by atoms with Crippen molar-refractivity contribution in [1.82, 2.24) is 39.3 Å². The quantitative estimate of drug-likeness (QED) is 0.366. The highest BCUT2D eigenvalue weighted by atomic mass is 35.5. The fraction of sp³-hybridized carbons (Fsp3) is 0.429. The summed E-state index contributed by atoms with van der Waals surface area (Å²) in [6, 6.07) is 9.92. The Morgan fingerprint density at radius 3 is 2.49 bits per heavy atom. The van der Waals surface area contributed by atoms with E-state index in [0.29, 0.717) is 5.82 Å². The number of hydrogen-bond donors (Lipinski definition) is 1. The summed E-state index contributed by atoms with van der Waals surface area (Å²) < 4.78 is 40.0.